The molecule has 24 heavy (non-hydrogen) atoms. The van der Waals surface area contributed by atoms with Crippen LogP contribution in [0.4, 0.5) is 0 Å². The molecule has 2 aromatic carbocycles. The van der Waals surface area contributed by atoms with Crippen molar-refractivity contribution in [2.75, 3.05) is 0 Å². The first-order chi connectivity index (χ1) is 11.7. The van der Waals surface area contributed by atoms with Gasteiger partial charge in [0.25, 0.3) is 0 Å². The average molecular weight is 317 g/mol. The molecule has 4 nitrogen and oxygen atoms in total. The monoisotopic (exact) mass is 317 g/mol. The summed E-state index contributed by atoms with van der Waals surface area (Å²) in [5, 5.41) is 7.20. The predicted octanol–water partition coefficient (Wildman–Crippen LogP) is 3.51. The molecular formula is C20H19N3O. The quantitative estimate of drug-likeness (QED) is 0.732. The maximum absolute atomic E-state index is 12.0. The van der Waals surface area contributed by atoms with Crippen LogP contribution in [-0.4, -0.2) is 15.7 Å². The first kappa shape index (κ1) is 15.7. The normalized spacial score (nSPS) is 10.9. The Labute approximate surface area is 141 Å². The molecule has 1 aromatic heterocycles. The molecular weight excluding hydrogens is 298 g/mol. The molecule has 0 fully saturated rings. The number of hydrogen-bond acceptors (Lipinski definition) is 2. The van der Waals surface area contributed by atoms with E-state index in [0.29, 0.717) is 6.54 Å². The van der Waals surface area contributed by atoms with Crippen LogP contribution in [0.5, 0.6) is 0 Å². The smallest absolute Gasteiger partial charge is 0.244 e. The second kappa shape index (κ2) is 7.42. The fourth-order valence-corrected chi connectivity index (χ4v) is 2.37. The SMILES string of the molecule is Cc1ccccc1CNC(=O)/C=C/c1cnn(-c2ccccc2)c1. The second-order valence-electron chi connectivity index (χ2n) is 5.53. The first-order valence-electron chi connectivity index (χ1n) is 7.83. The van der Waals surface area contributed by atoms with Crippen LogP contribution < -0.4 is 5.32 Å². The third-order valence-electron chi connectivity index (χ3n) is 3.76. The van der Waals surface area contributed by atoms with Gasteiger partial charge in [-0.05, 0) is 36.3 Å². The Balaban J connectivity index is 1.59. The van der Waals surface area contributed by atoms with E-state index in [-0.39, 0.29) is 5.91 Å². The molecule has 120 valence electrons. The van der Waals surface area contributed by atoms with Gasteiger partial charge in [0.05, 0.1) is 11.9 Å². The van der Waals surface area contributed by atoms with Crippen LogP contribution in [0.25, 0.3) is 11.8 Å². The average Bonchev–Trinajstić information content (AvgIpc) is 3.09. The Morgan fingerprint density at radius 3 is 2.67 bits per heavy atom. The topological polar surface area (TPSA) is 46.9 Å². The zero-order valence-corrected chi connectivity index (χ0v) is 13.5. The number of carbonyl (C=O) groups excluding carboxylic acids is 1. The molecule has 0 saturated carbocycles. The Morgan fingerprint density at radius 1 is 1.12 bits per heavy atom. The summed E-state index contributed by atoms with van der Waals surface area (Å²) >= 11 is 0. The summed E-state index contributed by atoms with van der Waals surface area (Å²) in [5.74, 6) is -0.120. The number of nitrogens with zero attached hydrogens (tertiary/aromatic N) is 2. The van der Waals surface area contributed by atoms with Crippen LogP contribution in [0.15, 0.2) is 73.1 Å². The van der Waals surface area contributed by atoms with Gasteiger partial charge in [0, 0.05) is 24.4 Å². The summed E-state index contributed by atoms with van der Waals surface area (Å²) in [6, 6.07) is 17.9. The van der Waals surface area contributed by atoms with E-state index in [4.69, 9.17) is 0 Å². The lowest BCUT2D eigenvalue weighted by Gasteiger charge is -2.05. The van der Waals surface area contributed by atoms with E-state index in [9.17, 15) is 4.79 Å². The predicted molar refractivity (Wildman–Crippen MR) is 95.6 cm³/mol. The molecule has 3 aromatic rings. The number of aromatic nitrogens is 2. The number of benzene rings is 2. The zero-order chi connectivity index (χ0) is 16.8. The Kier molecular flexibility index (Phi) is 4.87. The third kappa shape index (κ3) is 3.98. The minimum Gasteiger partial charge on any atom is -0.348 e. The molecule has 0 radical (unpaired) electrons. The molecule has 0 aliphatic rings. The standard InChI is InChI=1S/C20H19N3O/c1-16-7-5-6-8-18(16)14-21-20(24)12-11-17-13-22-23(15-17)19-9-3-2-4-10-19/h2-13,15H,14H2,1H3,(H,21,24)/b12-11+. The number of amides is 1. The Morgan fingerprint density at radius 2 is 1.88 bits per heavy atom. The van der Waals surface area contributed by atoms with Gasteiger partial charge in [-0.1, -0.05) is 42.5 Å². The molecule has 0 spiro atoms. The van der Waals surface area contributed by atoms with E-state index in [1.54, 1.807) is 17.0 Å². The fraction of sp³-hybridized carbons (Fsp3) is 0.100. The summed E-state index contributed by atoms with van der Waals surface area (Å²) < 4.78 is 1.78. The van der Waals surface area contributed by atoms with Crippen molar-refractivity contribution in [2.24, 2.45) is 0 Å². The van der Waals surface area contributed by atoms with Crippen molar-refractivity contribution in [3.63, 3.8) is 0 Å². The summed E-state index contributed by atoms with van der Waals surface area (Å²) in [5.41, 5.74) is 4.16. The molecule has 0 unspecified atom stereocenters. The molecule has 0 bridgehead atoms. The van der Waals surface area contributed by atoms with Crippen molar-refractivity contribution < 1.29 is 4.79 Å². The van der Waals surface area contributed by atoms with Crippen LogP contribution in [0.3, 0.4) is 0 Å². The highest BCUT2D eigenvalue weighted by Crippen LogP contribution is 2.09. The van der Waals surface area contributed by atoms with E-state index in [0.717, 1.165) is 16.8 Å². The highest BCUT2D eigenvalue weighted by molar-refractivity contribution is 5.91. The largest absolute Gasteiger partial charge is 0.348 e. The van der Waals surface area contributed by atoms with E-state index in [2.05, 4.69) is 10.4 Å². The molecule has 0 saturated heterocycles. The molecule has 1 amide bonds. The van der Waals surface area contributed by atoms with Gasteiger partial charge in [0.2, 0.25) is 5.91 Å². The number of rotatable bonds is 5. The van der Waals surface area contributed by atoms with Crippen molar-refractivity contribution in [3.8, 4) is 5.69 Å². The van der Waals surface area contributed by atoms with Gasteiger partial charge in [0.15, 0.2) is 0 Å². The van der Waals surface area contributed by atoms with E-state index < -0.39 is 0 Å². The Bertz CT molecular complexity index is 850. The van der Waals surface area contributed by atoms with Crippen LogP contribution in [0.1, 0.15) is 16.7 Å². The van der Waals surface area contributed by atoms with E-state index in [1.165, 1.54) is 11.6 Å². The van der Waals surface area contributed by atoms with Gasteiger partial charge in [-0.2, -0.15) is 5.10 Å². The van der Waals surface area contributed by atoms with Gasteiger partial charge in [0.1, 0.15) is 0 Å². The van der Waals surface area contributed by atoms with Crippen molar-refractivity contribution in [1.29, 1.82) is 0 Å². The van der Waals surface area contributed by atoms with Crippen LogP contribution in [0, 0.1) is 6.92 Å². The van der Waals surface area contributed by atoms with Crippen LogP contribution in [-0.2, 0) is 11.3 Å². The Hall–Kier alpha value is -3.14. The van der Waals surface area contributed by atoms with E-state index in [1.807, 2.05) is 67.7 Å². The summed E-state index contributed by atoms with van der Waals surface area (Å²) in [7, 11) is 0. The summed E-state index contributed by atoms with van der Waals surface area (Å²) in [6.07, 6.45) is 6.92. The lowest BCUT2D eigenvalue weighted by Crippen LogP contribution is -2.20. The number of carbonyl (C=O) groups is 1. The molecule has 4 heteroatoms. The van der Waals surface area contributed by atoms with Crippen LogP contribution in [0.2, 0.25) is 0 Å². The fourth-order valence-electron chi connectivity index (χ4n) is 2.37. The third-order valence-corrected chi connectivity index (χ3v) is 3.76. The van der Waals surface area contributed by atoms with Crippen molar-refractivity contribution >= 4 is 12.0 Å². The van der Waals surface area contributed by atoms with E-state index >= 15 is 0 Å². The van der Waals surface area contributed by atoms with Crippen molar-refractivity contribution in [3.05, 3.63) is 89.8 Å². The molecule has 3 rings (SSSR count). The van der Waals surface area contributed by atoms with Crippen LogP contribution >= 0.6 is 0 Å². The molecule has 0 atom stereocenters. The van der Waals surface area contributed by atoms with Gasteiger partial charge in [-0.15, -0.1) is 0 Å². The van der Waals surface area contributed by atoms with Gasteiger partial charge in [-0.25, -0.2) is 4.68 Å². The summed E-state index contributed by atoms with van der Waals surface area (Å²) in [4.78, 5) is 12.0. The second-order valence-corrected chi connectivity index (χ2v) is 5.53. The number of aryl methyl sites for hydroxylation is 1. The number of nitrogens with one attached hydrogen (secondary N) is 1. The minimum absolute atomic E-state index is 0.120. The van der Waals surface area contributed by atoms with Gasteiger partial charge < -0.3 is 5.32 Å². The zero-order valence-electron chi connectivity index (χ0n) is 13.5. The van der Waals surface area contributed by atoms with Gasteiger partial charge >= 0.3 is 0 Å². The highest BCUT2D eigenvalue weighted by Gasteiger charge is 2.01. The minimum atomic E-state index is -0.120. The molecule has 1 heterocycles. The summed E-state index contributed by atoms with van der Waals surface area (Å²) in [6.45, 7) is 2.56. The van der Waals surface area contributed by atoms with Crippen molar-refractivity contribution in [2.45, 2.75) is 13.5 Å². The lowest BCUT2D eigenvalue weighted by atomic mass is 10.1. The maximum Gasteiger partial charge on any atom is 0.244 e. The maximum atomic E-state index is 12.0. The number of para-hydroxylation sites is 1. The first-order valence-corrected chi connectivity index (χ1v) is 7.83. The van der Waals surface area contributed by atoms with Crippen molar-refractivity contribution in [1.82, 2.24) is 15.1 Å². The highest BCUT2D eigenvalue weighted by atomic mass is 16.1. The molecule has 0 aliphatic carbocycles. The lowest BCUT2D eigenvalue weighted by molar-refractivity contribution is -0.116. The number of hydrogen-bond donors (Lipinski definition) is 1. The molecule has 1 N–H and O–H groups in total. The van der Waals surface area contributed by atoms with Gasteiger partial charge in [-0.3, -0.25) is 4.79 Å². The molecule has 0 aliphatic heterocycles.